The molecule has 0 aromatic heterocycles. The van der Waals surface area contributed by atoms with E-state index in [4.69, 9.17) is 5.14 Å². The zero-order valence-electron chi connectivity index (χ0n) is 11.4. The maximum absolute atomic E-state index is 12.1. The Morgan fingerprint density at radius 2 is 1.67 bits per heavy atom. The Morgan fingerprint density at radius 1 is 1.10 bits per heavy atom. The number of nitrogens with one attached hydrogen (secondary N) is 2. The Labute approximate surface area is 125 Å². The quantitative estimate of drug-likeness (QED) is 0.671. The third-order valence-electron chi connectivity index (χ3n) is 3.45. The molecule has 0 radical (unpaired) electrons. The molecule has 0 unspecified atom stereocenters. The molecule has 118 valence electrons. The van der Waals surface area contributed by atoms with E-state index in [1.807, 2.05) is 0 Å². The normalized spacial score (nSPS) is 17.8. The highest BCUT2D eigenvalue weighted by molar-refractivity contribution is 7.90. The Kier molecular flexibility index (Phi) is 4.99. The van der Waals surface area contributed by atoms with Gasteiger partial charge in [-0.15, -0.1) is 0 Å². The molecule has 1 aromatic rings. The predicted octanol–water partition coefficient (Wildman–Crippen LogP) is -0.495. The summed E-state index contributed by atoms with van der Waals surface area (Å²) >= 11 is 0. The predicted molar refractivity (Wildman–Crippen MR) is 79.5 cm³/mol. The molecule has 4 N–H and O–H groups in total. The molecule has 7 nitrogen and oxygen atoms in total. The summed E-state index contributed by atoms with van der Waals surface area (Å²) < 4.78 is 49.1. The molecule has 1 aliphatic rings. The third kappa shape index (κ3) is 4.48. The molecule has 21 heavy (non-hydrogen) atoms. The van der Waals surface area contributed by atoms with Crippen LogP contribution in [0.25, 0.3) is 0 Å². The van der Waals surface area contributed by atoms with Crippen LogP contribution in [0.1, 0.15) is 18.4 Å². The van der Waals surface area contributed by atoms with Gasteiger partial charge in [0.25, 0.3) is 0 Å². The van der Waals surface area contributed by atoms with E-state index in [-0.39, 0.29) is 16.7 Å². The fourth-order valence-corrected chi connectivity index (χ4v) is 4.18. The van der Waals surface area contributed by atoms with Crippen molar-refractivity contribution in [3.8, 4) is 0 Å². The van der Waals surface area contributed by atoms with Crippen LogP contribution >= 0.6 is 0 Å². The average Bonchev–Trinajstić information content (AvgIpc) is 2.46. The summed E-state index contributed by atoms with van der Waals surface area (Å²) in [6, 6.07) is 5.82. The monoisotopic (exact) mass is 333 g/mol. The van der Waals surface area contributed by atoms with Crippen molar-refractivity contribution in [2.24, 2.45) is 5.14 Å². The van der Waals surface area contributed by atoms with Crippen LogP contribution in [-0.2, 0) is 26.6 Å². The molecule has 0 aliphatic carbocycles. The van der Waals surface area contributed by atoms with Crippen LogP contribution in [0.4, 0.5) is 0 Å². The number of nitrogens with two attached hydrogens (primary N) is 1. The summed E-state index contributed by atoms with van der Waals surface area (Å²) in [5.41, 5.74) is 0.680. The number of benzene rings is 1. The average molecular weight is 333 g/mol. The van der Waals surface area contributed by atoms with Gasteiger partial charge >= 0.3 is 0 Å². The van der Waals surface area contributed by atoms with E-state index in [9.17, 15) is 16.8 Å². The zero-order valence-corrected chi connectivity index (χ0v) is 13.1. The van der Waals surface area contributed by atoms with Gasteiger partial charge in [0.1, 0.15) is 0 Å². The lowest BCUT2D eigenvalue weighted by Gasteiger charge is -2.22. The molecule has 1 fully saturated rings. The largest absolute Gasteiger partial charge is 0.317 e. The van der Waals surface area contributed by atoms with Crippen LogP contribution < -0.4 is 15.2 Å². The maximum Gasteiger partial charge on any atom is 0.238 e. The first-order chi connectivity index (χ1) is 9.79. The highest BCUT2D eigenvalue weighted by atomic mass is 32.2. The van der Waals surface area contributed by atoms with Gasteiger partial charge in [-0.25, -0.2) is 26.7 Å². The van der Waals surface area contributed by atoms with E-state index in [1.54, 1.807) is 12.1 Å². The summed E-state index contributed by atoms with van der Waals surface area (Å²) in [4.78, 5) is 0.00691. The molecule has 1 saturated heterocycles. The van der Waals surface area contributed by atoms with Crippen LogP contribution in [0.5, 0.6) is 0 Å². The van der Waals surface area contributed by atoms with Gasteiger partial charge in [-0.05, 0) is 43.6 Å². The molecular weight excluding hydrogens is 314 g/mol. The number of primary sulfonamides is 1. The van der Waals surface area contributed by atoms with Crippen molar-refractivity contribution in [3.05, 3.63) is 29.8 Å². The van der Waals surface area contributed by atoms with Gasteiger partial charge in [0.2, 0.25) is 20.0 Å². The van der Waals surface area contributed by atoms with Crippen LogP contribution in [-0.4, -0.2) is 35.2 Å². The Hall–Kier alpha value is -1.00. The first-order valence-corrected chi connectivity index (χ1v) is 9.69. The van der Waals surface area contributed by atoms with Crippen molar-refractivity contribution in [1.29, 1.82) is 0 Å². The van der Waals surface area contributed by atoms with Gasteiger partial charge in [-0.3, -0.25) is 0 Å². The van der Waals surface area contributed by atoms with E-state index in [0.717, 1.165) is 0 Å². The molecule has 9 heteroatoms. The van der Waals surface area contributed by atoms with Crippen molar-refractivity contribution in [2.45, 2.75) is 29.5 Å². The van der Waals surface area contributed by atoms with Gasteiger partial charge in [0, 0.05) is 6.54 Å². The smallest absolute Gasteiger partial charge is 0.238 e. The number of sulfonamides is 2. The summed E-state index contributed by atoms with van der Waals surface area (Å²) in [6.07, 6.45) is 1.19. The van der Waals surface area contributed by atoms with E-state index in [0.29, 0.717) is 31.5 Å². The second-order valence-electron chi connectivity index (χ2n) is 5.00. The maximum atomic E-state index is 12.1. The van der Waals surface area contributed by atoms with Crippen LogP contribution in [0.15, 0.2) is 29.2 Å². The van der Waals surface area contributed by atoms with E-state index < -0.39 is 20.0 Å². The lowest BCUT2D eigenvalue weighted by Crippen LogP contribution is -2.41. The lowest BCUT2D eigenvalue weighted by molar-refractivity contribution is 0.489. The lowest BCUT2D eigenvalue weighted by atomic mass is 10.2. The topological polar surface area (TPSA) is 118 Å². The molecule has 0 bridgehead atoms. The van der Waals surface area contributed by atoms with Crippen molar-refractivity contribution < 1.29 is 16.8 Å². The van der Waals surface area contributed by atoms with Gasteiger partial charge in [-0.2, -0.15) is 0 Å². The number of hydrogen-bond acceptors (Lipinski definition) is 5. The molecule has 0 spiro atoms. The summed E-state index contributed by atoms with van der Waals surface area (Å²) in [6.45, 7) is 1.54. The summed E-state index contributed by atoms with van der Waals surface area (Å²) in [5, 5.41) is 7.75. The van der Waals surface area contributed by atoms with E-state index in [1.165, 1.54) is 12.1 Å². The standard InChI is InChI=1S/C12H19N3O4S2/c13-20(16,17)11-3-1-10(2-4-11)9-15-21(18,19)12-5-7-14-8-6-12/h1-4,12,14-15H,5-9H2,(H2,13,16,17). The van der Waals surface area contributed by atoms with Gasteiger partial charge in [0.05, 0.1) is 10.1 Å². The van der Waals surface area contributed by atoms with Gasteiger partial charge in [0.15, 0.2) is 0 Å². The molecule has 0 atom stereocenters. The second kappa shape index (κ2) is 6.41. The van der Waals surface area contributed by atoms with Gasteiger partial charge < -0.3 is 5.32 Å². The number of rotatable bonds is 5. The van der Waals surface area contributed by atoms with E-state index >= 15 is 0 Å². The summed E-state index contributed by atoms with van der Waals surface area (Å²) in [5.74, 6) is 0. The summed E-state index contributed by atoms with van der Waals surface area (Å²) in [7, 11) is -7.08. The Morgan fingerprint density at radius 3 is 2.19 bits per heavy atom. The third-order valence-corrected chi connectivity index (χ3v) is 6.28. The Bertz CT molecular complexity index is 678. The molecule has 0 amide bonds. The minimum absolute atomic E-state index is 0.00691. The molecular formula is C12H19N3O4S2. The Balaban J connectivity index is 1.99. The molecule has 2 rings (SSSR count). The molecule has 1 aromatic carbocycles. The fourth-order valence-electron chi connectivity index (χ4n) is 2.20. The first-order valence-electron chi connectivity index (χ1n) is 6.60. The zero-order chi connectivity index (χ0) is 15.5. The van der Waals surface area contributed by atoms with Crippen LogP contribution in [0, 0.1) is 0 Å². The number of piperidine rings is 1. The minimum atomic E-state index is -3.73. The van der Waals surface area contributed by atoms with Gasteiger partial charge in [-0.1, -0.05) is 12.1 Å². The van der Waals surface area contributed by atoms with Crippen molar-refractivity contribution in [3.63, 3.8) is 0 Å². The van der Waals surface area contributed by atoms with Crippen LogP contribution in [0.2, 0.25) is 0 Å². The highest BCUT2D eigenvalue weighted by Crippen LogP contribution is 2.13. The van der Waals surface area contributed by atoms with E-state index in [2.05, 4.69) is 10.0 Å². The van der Waals surface area contributed by atoms with Crippen LogP contribution in [0.3, 0.4) is 0 Å². The van der Waals surface area contributed by atoms with Crippen molar-refractivity contribution in [1.82, 2.24) is 10.0 Å². The first kappa shape index (κ1) is 16.4. The minimum Gasteiger partial charge on any atom is -0.317 e. The molecule has 1 heterocycles. The van der Waals surface area contributed by atoms with Crippen molar-refractivity contribution >= 4 is 20.0 Å². The number of hydrogen-bond donors (Lipinski definition) is 3. The van der Waals surface area contributed by atoms with Crippen molar-refractivity contribution in [2.75, 3.05) is 13.1 Å². The second-order valence-corrected chi connectivity index (χ2v) is 8.61. The SMILES string of the molecule is NS(=O)(=O)c1ccc(CNS(=O)(=O)C2CCNCC2)cc1. The molecule has 0 saturated carbocycles. The molecule has 1 aliphatic heterocycles. The highest BCUT2D eigenvalue weighted by Gasteiger charge is 2.26. The fraction of sp³-hybridized carbons (Fsp3) is 0.500.